The Morgan fingerprint density at radius 3 is 2.22 bits per heavy atom. The van der Waals surface area contributed by atoms with Gasteiger partial charge in [-0.15, -0.1) is 0 Å². The Morgan fingerprint density at radius 2 is 1.74 bits per heavy atom. The average Bonchev–Trinajstić information content (AvgIpc) is 2.38. The van der Waals surface area contributed by atoms with Gasteiger partial charge >= 0.3 is 0 Å². The summed E-state index contributed by atoms with van der Waals surface area (Å²) < 4.78 is -1.74. The Hall–Kier alpha value is -0.750. The van der Waals surface area contributed by atoms with Crippen molar-refractivity contribution in [3.8, 4) is 0 Å². The van der Waals surface area contributed by atoms with Crippen LogP contribution in [-0.2, 0) is 4.79 Å². The van der Waals surface area contributed by atoms with Gasteiger partial charge in [-0.05, 0) is 37.2 Å². The van der Waals surface area contributed by atoms with Crippen molar-refractivity contribution in [1.29, 1.82) is 0 Å². The van der Waals surface area contributed by atoms with Crippen LogP contribution in [0.15, 0.2) is 24.3 Å². The van der Waals surface area contributed by atoms with E-state index in [0.717, 1.165) is 11.3 Å². The molecule has 0 fully saturated rings. The number of hydrogen-bond donors (Lipinski definition) is 3. The van der Waals surface area contributed by atoms with Gasteiger partial charge < -0.3 is 16.0 Å². The summed E-state index contributed by atoms with van der Waals surface area (Å²) in [5, 5.41) is 8.68. The molecule has 4 nitrogen and oxygen atoms in total. The summed E-state index contributed by atoms with van der Waals surface area (Å²) in [5.41, 5.74) is 1.93. The van der Waals surface area contributed by atoms with Crippen LogP contribution in [0, 0.1) is 12.8 Å². The maximum absolute atomic E-state index is 11.9. The minimum Gasteiger partial charge on any atom is -0.339 e. The molecule has 23 heavy (non-hydrogen) atoms. The molecular weight excluding hydrogens is 377 g/mol. The predicted molar refractivity (Wildman–Crippen MR) is 102 cm³/mol. The van der Waals surface area contributed by atoms with Gasteiger partial charge in [0.25, 0.3) is 0 Å². The molecule has 1 atom stereocenters. The molecule has 0 heterocycles. The monoisotopic (exact) mass is 395 g/mol. The zero-order valence-corrected chi connectivity index (χ0v) is 16.2. The van der Waals surface area contributed by atoms with Crippen molar-refractivity contribution < 1.29 is 4.79 Å². The highest BCUT2D eigenvalue weighted by Crippen LogP contribution is 2.29. The molecule has 0 radical (unpaired) electrons. The van der Waals surface area contributed by atoms with Gasteiger partial charge in [-0.1, -0.05) is 66.3 Å². The number of aryl methyl sites for hydroxylation is 1. The van der Waals surface area contributed by atoms with Crippen LogP contribution in [0.1, 0.15) is 25.8 Å². The molecule has 0 aromatic heterocycles. The third-order valence-electron chi connectivity index (χ3n) is 2.81. The third kappa shape index (κ3) is 8.06. The number of carbonyl (C=O) groups is 1. The van der Waals surface area contributed by atoms with E-state index in [1.165, 1.54) is 0 Å². The van der Waals surface area contributed by atoms with Crippen molar-refractivity contribution in [2.45, 2.75) is 37.2 Å². The molecule has 1 rings (SSSR count). The molecular formula is C15H20Cl3N3OS. The smallest absolute Gasteiger partial charge is 0.228 e. The molecule has 1 aromatic carbocycles. The van der Waals surface area contributed by atoms with Crippen LogP contribution in [0.25, 0.3) is 0 Å². The van der Waals surface area contributed by atoms with Gasteiger partial charge in [0.15, 0.2) is 5.11 Å². The molecule has 0 unspecified atom stereocenters. The van der Waals surface area contributed by atoms with Crippen molar-refractivity contribution in [1.82, 2.24) is 10.6 Å². The highest BCUT2D eigenvalue weighted by Gasteiger charge is 2.34. The van der Waals surface area contributed by atoms with Gasteiger partial charge in [0, 0.05) is 12.1 Å². The number of rotatable bonds is 5. The second-order valence-electron chi connectivity index (χ2n) is 5.60. The van der Waals surface area contributed by atoms with Crippen LogP contribution in [0.4, 0.5) is 5.69 Å². The van der Waals surface area contributed by atoms with Gasteiger partial charge in [0.2, 0.25) is 9.70 Å². The van der Waals surface area contributed by atoms with Crippen molar-refractivity contribution in [2.75, 3.05) is 5.32 Å². The second-order valence-corrected chi connectivity index (χ2v) is 8.38. The molecule has 3 N–H and O–H groups in total. The first-order valence-corrected chi connectivity index (χ1v) is 8.62. The molecule has 0 aliphatic rings. The van der Waals surface area contributed by atoms with Gasteiger partial charge in [0.1, 0.15) is 6.17 Å². The number of hydrogen-bond acceptors (Lipinski definition) is 2. The van der Waals surface area contributed by atoms with Gasteiger partial charge in [-0.25, -0.2) is 0 Å². The molecule has 0 spiro atoms. The molecule has 8 heteroatoms. The summed E-state index contributed by atoms with van der Waals surface area (Å²) >= 11 is 22.9. The number of nitrogens with one attached hydrogen (secondary N) is 3. The SMILES string of the molecule is Cc1ccc(NC(=S)N[C@H](NC(=O)CC(C)C)C(Cl)(Cl)Cl)cc1. The minimum absolute atomic E-state index is 0.198. The third-order valence-corrected chi connectivity index (χ3v) is 3.69. The van der Waals surface area contributed by atoms with E-state index >= 15 is 0 Å². The van der Waals surface area contributed by atoms with Crippen LogP contribution < -0.4 is 16.0 Å². The minimum atomic E-state index is -1.74. The summed E-state index contributed by atoms with van der Waals surface area (Å²) in [4.78, 5) is 11.9. The second kappa shape index (κ2) is 8.92. The average molecular weight is 397 g/mol. The molecule has 1 aromatic rings. The van der Waals surface area contributed by atoms with E-state index in [1.807, 2.05) is 45.0 Å². The van der Waals surface area contributed by atoms with Gasteiger partial charge in [0.05, 0.1) is 0 Å². The number of carbonyl (C=O) groups excluding carboxylic acids is 1. The quantitative estimate of drug-likeness (QED) is 0.398. The first-order valence-electron chi connectivity index (χ1n) is 7.08. The number of benzene rings is 1. The highest BCUT2D eigenvalue weighted by molar-refractivity contribution is 7.80. The lowest BCUT2D eigenvalue weighted by Crippen LogP contribution is -2.56. The fourth-order valence-corrected chi connectivity index (χ4v) is 2.29. The van der Waals surface area contributed by atoms with E-state index in [2.05, 4.69) is 16.0 Å². The lowest BCUT2D eigenvalue weighted by molar-refractivity contribution is -0.122. The normalized spacial score (nSPS) is 12.7. The van der Waals surface area contributed by atoms with E-state index in [9.17, 15) is 4.79 Å². The van der Waals surface area contributed by atoms with Crippen LogP contribution in [-0.4, -0.2) is 21.0 Å². The van der Waals surface area contributed by atoms with E-state index < -0.39 is 9.96 Å². The van der Waals surface area contributed by atoms with Gasteiger partial charge in [-0.3, -0.25) is 4.79 Å². The van der Waals surface area contributed by atoms with Gasteiger partial charge in [-0.2, -0.15) is 0 Å². The van der Waals surface area contributed by atoms with Crippen LogP contribution in [0.5, 0.6) is 0 Å². The summed E-state index contributed by atoms with van der Waals surface area (Å²) in [6, 6.07) is 7.65. The zero-order valence-electron chi connectivity index (χ0n) is 13.1. The van der Waals surface area contributed by atoms with E-state index in [4.69, 9.17) is 47.0 Å². The van der Waals surface area contributed by atoms with Crippen LogP contribution in [0.3, 0.4) is 0 Å². The number of thiocarbonyl (C=S) groups is 1. The van der Waals surface area contributed by atoms with Crippen LogP contribution in [0.2, 0.25) is 0 Å². The standard InChI is InChI=1S/C15H20Cl3N3OS/c1-9(2)8-12(22)20-13(15(16,17)18)21-14(23)19-11-6-4-10(3)5-7-11/h4-7,9,13H,8H2,1-3H3,(H,20,22)(H2,19,21,23)/t13-/m0/s1. The van der Waals surface area contributed by atoms with Crippen molar-refractivity contribution >= 4 is 63.7 Å². The van der Waals surface area contributed by atoms with Crippen molar-refractivity contribution in [3.63, 3.8) is 0 Å². The lowest BCUT2D eigenvalue weighted by atomic mass is 10.1. The Balaban J connectivity index is 2.67. The van der Waals surface area contributed by atoms with E-state index in [0.29, 0.717) is 6.42 Å². The molecule has 0 aliphatic carbocycles. The Labute approximate surface area is 157 Å². The number of anilines is 1. The molecule has 1 amide bonds. The van der Waals surface area contributed by atoms with E-state index in [1.54, 1.807) is 0 Å². The fourth-order valence-electron chi connectivity index (χ4n) is 1.73. The Bertz CT molecular complexity index is 544. The number of halogens is 3. The number of alkyl halides is 3. The summed E-state index contributed by atoms with van der Waals surface area (Å²) in [6.45, 7) is 5.85. The topological polar surface area (TPSA) is 53.2 Å². The maximum Gasteiger partial charge on any atom is 0.228 e. The molecule has 0 saturated heterocycles. The Kier molecular flexibility index (Phi) is 7.87. The first-order chi connectivity index (χ1) is 10.6. The summed E-state index contributed by atoms with van der Waals surface area (Å²) in [5.74, 6) is -0.0226. The first kappa shape index (κ1) is 20.3. The summed E-state index contributed by atoms with van der Waals surface area (Å²) in [7, 11) is 0. The largest absolute Gasteiger partial charge is 0.339 e. The van der Waals surface area contributed by atoms with Crippen molar-refractivity contribution in [2.24, 2.45) is 5.92 Å². The zero-order chi connectivity index (χ0) is 17.6. The fraction of sp³-hybridized carbons (Fsp3) is 0.467. The molecule has 128 valence electrons. The van der Waals surface area contributed by atoms with E-state index in [-0.39, 0.29) is 16.9 Å². The maximum atomic E-state index is 11.9. The lowest BCUT2D eigenvalue weighted by Gasteiger charge is -2.28. The summed E-state index contributed by atoms with van der Waals surface area (Å²) in [6.07, 6.45) is -0.610. The van der Waals surface area contributed by atoms with Crippen LogP contribution >= 0.6 is 47.0 Å². The van der Waals surface area contributed by atoms with Crippen molar-refractivity contribution in [3.05, 3.63) is 29.8 Å². The molecule has 0 bridgehead atoms. The predicted octanol–water partition coefficient (Wildman–Crippen LogP) is 4.14. The Morgan fingerprint density at radius 1 is 1.17 bits per heavy atom. The molecule has 0 aliphatic heterocycles. The highest BCUT2D eigenvalue weighted by atomic mass is 35.6. The number of amides is 1. The molecule has 0 saturated carbocycles.